The van der Waals surface area contributed by atoms with Crippen LogP contribution in [0.5, 0.6) is 5.75 Å². The summed E-state index contributed by atoms with van der Waals surface area (Å²) >= 11 is 0. The lowest BCUT2D eigenvalue weighted by molar-refractivity contribution is -0.149. The first-order valence-electron chi connectivity index (χ1n) is 6.93. The number of rotatable bonds is 5. The van der Waals surface area contributed by atoms with Gasteiger partial charge in [0.1, 0.15) is 5.75 Å². The van der Waals surface area contributed by atoms with Gasteiger partial charge in [0.05, 0.1) is 18.9 Å². The van der Waals surface area contributed by atoms with E-state index in [1.54, 1.807) is 31.2 Å². The Morgan fingerprint density at radius 2 is 2.00 bits per heavy atom. The Balaban J connectivity index is 2.24. The summed E-state index contributed by atoms with van der Waals surface area (Å²) in [7, 11) is 0. The molecule has 1 aromatic rings. The van der Waals surface area contributed by atoms with Crippen molar-refractivity contribution in [1.29, 1.82) is 0 Å². The predicted octanol–water partition coefficient (Wildman–Crippen LogP) is 1.10. The molecular formula is C15H19NO5. The summed E-state index contributed by atoms with van der Waals surface area (Å²) in [4.78, 5) is 23.1. The van der Waals surface area contributed by atoms with E-state index < -0.39 is 17.9 Å². The number of benzene rings is 1. The summed E-state index contributed by atoms with van der Waals surface area (Å²) in [5, 5.41) is 21.4. The van der Waals surface area contributed by atoms with E-state index in [-0.39, 0.29) is 30.7 Å². The number of carboxylic acid groups (broad SMARTS) is 1. The van der Waals surface area contributed by atoms with Crippen molar-refractivity contribution in [3.05, 3.63) is 29.8 Å². The second-order valence-corrected chi connectivity index (χ2v) is 5.09. The van der Waals surface area contributed by atoms with Gasteiger partial charge in [0, 0.05) is 18.5 Å². The summed E-state index contributed by atoms with van der Waals surface area (Å²) < 4.78 is 5.09. The Morgan fingerprint density at radius 1 is 1.33 bits per heavy atom. The minimum absolute atomic E-state index is 0.127. The molecular weight excluding hydrogens is 274 g/mol. The van der Waals surface area contributed by atoms with Gasteiger partial charge in [-0.3, -0.25) is 9.59 Å². The Kier molecular flexibility index (Phi) is 4.80. The zero-order chi connectivity index (χ0) is 15.4. The van der Waals surface area contributed by atoms with Gasteiger partial charge in [0.2, 0.25) is 0 Å². The second kappa shape index (κ2) is 6.58. The highest BCUT2D eigenvalue weighted by Crippen LogP contribution is 2.34. The molecule has 0 aliphatic carbocycles. The van der Waals surface area contributed by atoms with Crippen LogP contribution < -0.4 is 5.32 Å². The first-order valence-corrected chi connectivity index (χ1v) is 6.93. The van der Waals surface area contributed by atoms with Crippen molar-refractivity contribution < 1.29 is 24.5 Å². The van der Waals surface area contributed by atoms with E-state index >= 15 is 0 Å². The number of aromatic hydroxyl groups is 1. The van der Waals surface area contributed by atoms with E-state index in [2.05, 4.69) is 5.32 Å². The summed E-state index contributed by atoms with van der Waals surface area (Å²) in [6.07, 6.45) is -0.127. The van der Waals surface area contributed by atoms with Crippen molar-refractivity contribution >= 4 is 11.9 Å². The molecule has 1 saturated heterocycles. The quantitative estimate of drug-likeness (QED) is 0.704. The van der Waals surface area contributed by atoms with E-state index in [9.17, 15) is 14.7 Å². The number of esters is 1. The number of phenols is 1. The van der Waals surface area contributed by atoms with Gasteiger partial charge in [-0.25, -0.2) is 0 Å². The minimum Gasteiger partial charge on any atom is -0.508 e. The van der Waals surface area contributed by atoms with Gasteiger partial charge in [-0.1, -0.05) is 12.1 Å². The van der Waals surface area contributed by atoms with Gasteiger partial charge >= 0.3 is 11.9 Å². The molecule has 3 atom stereocenters. The first-order chi connectivity index (χ1) is 10.0. The van der Waals surface area contributed by atoms with Gasteiger partial charge in [-0.15, -0.1) is 0 Å². The molecule has 114 valence electrons. The molecule has 0 saturated carbocycles. The highest BCUT2D eigenvalue weighted by Gasteiger charge is 2.43. The van der Waals surface area contributed by atoms with Crippen LogP contribution in [0.15, 0.2) is 24.3 Å². The number of ether oxygens (including phenoxy) is 1. The number of nitrogens with one attached hydrogen (secondary N) is 1. The van der Waals surface area contributed by atoms with E-state index in [0.717, 1.165) is 5.56 Å². The van der Waals surface area contributed by atoms with Gasteiger partial charge in [-0.05, 0) is 24.6 Å². The number of hydrogen-bond donors (Lipinski definition) is 3. The maximum atomic E-state index is 12.2. The lowest BCUT2D eigenvalue weighted by Gasteiger charge is -2.21. The molecule has 1 aliphatic heterocycles. The lowest BCUT2D eigenvalue weighted by Crippen LogP contribution is -2.35. The third kappa shape index (κ3) is 3.52. The monoisotopic (exact) mass is 293 g/mol. The van der Waals surface area contributed by atoms with Crippen LogP contribution in [-0.4, -0.2) is 41.3 Å². The number of phenolic OH excluding ortho intramolecular Hbond substituents is 1. The standard InChI is InChI=1S/C15H19NO5/c1-2-21-15(20)14-11(8-16-12(14)7-13(18)19)9-3-5-10(17)6-4-9/h3-6,11-12,14,16-17H,2,7-8H2,1H3,(H,18,19)/t11-,12+,14-/m0/s1. The fraction of sp³-hybridized carbons (Fsp3) is 0.467. The van der Waals surface area contributed by atoms with Crippen molar-refractivity contribution in [2.75, 3.05) is 13.2 Å². The zero-order valence-corrected chi connectivity index (χ0v) is 11.8. The van der Waals surface area contributed by atoms with Crippen LogP contribution in [0.4, 0.5) is 0 Å². The van der Waals surface area contributed by atoms with Crippen LogP contribution in [0.3, 0.4) is 0 Å². The highest BCUT2D eigenvalue weighted by atomic mass is 16.5. The molecule has 6 heteroatoms. The van der Waals surface area contributed by atoms with E-state index in [0.29, 0.717) is 6.54 Å². The molecule has 0 unspecified atom stereocenters. The Bertz CT molecular complexity index is 513. The second-order valence-electron chi connectivity index (χ2n) is 5.09. The number of carboxylic acids is 1. The van der Waals surface area contributed by atoms with Gasteiger partial charge in [0.25, 0.3) is 0 Å². The molecule has 1 heterocycles. The zero-order valence-electron chi connectivity index (χ0n) is 11.8. The normalized spacial score (nSPS) is 24.7. The lowest BCUT2D eigenvalue weighted by atomic mass is 9.84. The van der Waals surface area contributed by atoms with E-state index in [4.69, 9.17) is 9.84 Å². The van der Waals surface area contributed by atoms with Crippen LogP contribution in [0.25, 0.3) is 0 Å². The fourth-order valence-corrected chi connectivity index (χ4v) is 2.81. The fourth-order valence-electron chi connectivity index (χ4n) is 2.81. The number of aliphatic carboxylic acids is 1. The Labute approximate surface area is 122 Å². The first kappa shape index (κ1) is 15.3. The Morgan fingerprint density at radius 3 is 2.57 bits per heavy atom. The van der Waals surface area contributed by atoms with E-state index in [1.807, 2.05) is 0 Å². The summed E-state index contributed by atoms with van der Waals surface area (Å²) in [6, 6.07) is 6.17. The largest absolute Gasteiger partial charge is 0.508 e. The topological polar surface area (TPSA) is 95.9 Å². The van der Waals surface area contributed by atoms with Gasteiger partial charge < -0.3 is 20.3 Å². The molecule has 0 radical (unpaired) electrons. The highest BCUT2D eigenvalue weighted by molar-refractivity contribution is 5.77. The molecule has 1 aliphatic rings. The number of carbonyl (C=O) groups excluding carboxylic acids is 1. The van der Waals surface area contributed by atoms with Gasteiger partial charge in [0.15, 0.2) is 0 Å². The van der Waals surface area contributed by atoms with Crippen LogP contribution in [0.2, 0.25) is 0 Å². The van der Waals surface area contributed by atoms with Gasteiger partial charge in [-0.2, -0.15) is 0 Å². The van der Waals surface area contributed by atoms with Crippen LogP contribution in [0, 0.1) is 5.92 Å². The van der Waals surface area contributed by atoms with Crippen molar-refractivity contribution in [1.82, 2.24) is 5.32 Å². The summed E-state index contributed by atoms with van der Waals surface area (Å²) in [6.45, 7) is 2.49. The molecule has 0 bridgehead atoms. The predicted molar refractivity (Wildman–Crippen MR) is 75.0 cm³/mol. The molecule has 21 heavy (non-hydrogen) atoms. The molecule has 6 nitrogen and oxygen atoms in total. The van der Waals surface area contributed by atoms with Crippen LogP contribution in [-0.2, 0) is 14.3 Å². The smallest absolute Gasteiger partial charge is 0.311 e. The Hall–Kier alpha value is -2.08. The SMILES string of the molecule is CCOC(=O)[C@@H]1[C@@H](CC(=O)O)NC[C@H]1c1ccc(O)cc1. The van der Waals surface area contributed by atoms with Crippen molar-refractivity contribution in [2.24, 2.45) is 5.92 Å². The number of hydrogen-bond acceptors (Lipinski definition) is 5. The molecule has 1 fully saturated rings. The maximum Gasteiger partial charge on any atom is 0.311 e. The summed E-state index contributed by atoms with van der Waals surface area (Å²) in [5.74, 6) is -1.88. The average Bonchev–Trinajstić information content (AvgIpc) is 2.82. The molecule has 0 aromatic heterocycles. The molecule has 3 N–H and O–H groups in total. The average molecular weight is 293 g/mol. The molecule has 0 amide bonds. The minimum atomic E-state index is -0.951. The molecule has 2 rings (SSSR count). The van der Waals surface area contributed by atoms with E-state index in [1.165, 1.54) is 0 Å². The molecule has 0 spiro atoms. The molecule has 1 aromatic carbocycles. The van der Waals surface area contributed by atoms with Crippen molar-refractivity contribution in [3.8, 4) is 5.75 Å². The van der Waals surface area contributed by atoms with Crippen LogP contribution >= 0.6 is 0 Å². The third-order valence-electron chi connectivity index (χ3n) is 3.74. The number of carbonyl (C=O) groups is 2. The van der Waals surface area contributed by atoms with Crippen molar-refractivity contribution in [3.63, 3.8) is 0 Å². The third-order valence-corrected chi connectivity index (χ3v) is 3.74. The van der Waals surface area contributed by atoms with Crippen LogP contribution in [0.1, 0.15) is 24.8 Å². The van der Waals surface area contributed by atoms with Crippen molar-refractivity contribution in [2.45, 2.75) is 25.3 Å². The maximum absolute atomic E-state index is 12.2. The summed E-state index contributed by atoms with van der Waals surface area (Å²) in [5.41, 5.74) is 0.881.